The number of aliphatic imine (C=N–C) groups is 1. The molecule has 2 heterocycles. The van der Waals surface area contributed by atoms with Crippen molar-refractivity contribution >= 4 is 41.3 Å². The predicted molar refractivity (Wildman–Crippen MR) is 122 cm³/mol. The van der Waals surface area contributed by atoms with Gasteiger partial charge in [0.15, 0.2) is 5.96 Å². The number of aromatic nitrogens is 3. The molecule has 1 atom stereocenters. The van der Waals surface area contributed by atoms with E-state index in [0.717, 1.165) is 22.8 Å². The Morgan fingerprint density at radius 1 is 1.30 bits per heavy atom. The molecule has 0 aliphatic carbocycles. The van der Waals surface area contributed by atoms with Gasteiger partial charge in [-0.05, 0) is 13.8 Å². The van der Waals surface area contributed by atoms with Crippen LogP contribution in [0.4, 0.5) is 0 Å². The molecular weight excluding hydrogens is 475 g/mol. The van der Waals surface area contributed by atoms with Gasteiger partial charge in [0.25, 0.3) is 0 Å². The van der Waals surface area contributed by atoms with Crippen LogP contribution in [-0.4, -0.2) is 38.9 Å². The molecule has 152 valence electrons. The number of guanidine groups is 1. The first kappa shape index (κ1) is 23.8. The fourth-order valence-electron chi connectivity index (χ4n) is 2.27. The van der Waals surface area contributed by atoms with Crippen molar-refractivity contribution in [3.05, 3.63) is 34.0 Å². The van der Waals surface area contributed by atoms with Crippen molar-refractivity contribution in [3.8, 4) is 0 Å². The summed E-state index contributed by atoms with van der Waals surface area (Å²) >= 11 is 1.63. The van der Waals surface area contributed by atoms with E-state index < -0.39 is 5.60 Å². The van der Waals surface area contributed by atoms with E-state index in [9.17, 15) is 5.11 Å². The van der Waals surface area contributed by atoms with Gasteiger partial charge in [0.05, 0.1) is 25.0 Å². The second-order valence-corrected chi connectivity index (χ2v) is 8.54. The maximum atomic E-state index is 10.7. The van der Waals surface area contributed by atoms with Gasteiger partial charge in [-0.1, -0.05) is 20.8 Å². The molecule has 0 aliphatic rings. The van der Waals surface area contributed by atoms with Crippen LogP contribution in [0.1, 0.15) is 50.9 Å². The lowest BCUT2D eigenvalue weighted by Gasteiger charge is -2.23. The summed E-state index contributed by atoms with van der Waals surface area (Å²) in [5, 5.41) is 24.3. The van der Waals surface area contributed by atoms with Crippen LogP contribution in [0, 0.1) is 0 Å². The summed E-state index contributed by atoms with van der Waals surface area (Å²) in [5.41, 5.74) is 0.859. The molecule has 2 aromatic heterocycles. The zero-order valence-electron chi connectivity index (χ0n) is 16.9. The molecule has 0 saturated carbocycles. The smallest absolute Gasteiger partial charge is 0.191 e. The lowest BCUT2D eigenvalue weighted by molar-refractivity contribution is 0.0616. The van der Waals surface area contributed by atoms with Gasteiger partial charge < -0.3 is 15.7 Å². The number of nitrogens with zero attached hydrogens (tertiary/aromatic N) is 4. The molecule has 0 aliphatic heterocycles. The maximum absolute atomic E-state index is 10.7. The lowest BCUT2D eigenvalue weighted by atomic mass is 9.93. The molecule has 27 heavy (non-hydrogen) atoms. The van der Waals surface area contributed by atoms with Crippen molar-refractivity contribution in [2.24, 2.45) is 12.0 Å². The molecule has 0 fully saturated rings. The fourth-order valence-corrected chi connectivity index (χ4v) is 3.22. The monoisotopic (exact) mass is 506 g/mol. The van der Waals surface area contributed by atoms with Crippen molar-refractivity contribution in [1.82, 2.24) is 25.4 Å². The van der Waals surface area contributed by atoms with Crippen LogP contribution in [0.3, 0.4) is 0 Å². The van der Waals surface area contributed by atoms with Crippen LogP contribution < -0.4 is 10.6 Å². The number of nitrogens with one attached hydrogen (secondary N) is 2. The summed E-state index contributed by atoms with van der Waals surface area (Å²) in [4.78, 5) is 9.26. The normalized spacial score (nSPS) is 14.4. The minimum atomic E-state index is -1.04. The largest absolute Gasteiger partial charge is 0.383 e. The Hall–Kier alpha value is -1.20. The Morgan fingerprint density at radius 3 is 2.52 bits per heavy atom. The van der Waals surface area contributed by atoms with Crippen molar-refractivity contribution in [3.63, 3.8) is 0 Å². The Bertz CT molecular complexity index is 747. The quantitative estimate of drug-likeness (QED) is 0.319. The molecule has 0 radical (unpaired) electrons. The minimum Gasteiger partial charge on any atom is -0.383 e. The van der Waals surface area contributed by atoms with Crippen LogP contribution in [0.25, 0.3) is 0 Å². The number of halogens is 1. The second-order valence-electron chi connectivity index (χ2n) is 7.60. The third-order valence-corrected chi connectivity index (χ3v) is 4.80. The average Bonchev–Trinajstić information content (AvgIpc) is 3.19. The highest BCUT2D eigenvalue weighted by atomic mass is 127. The number of hydrogen-bond donors (Lipinski definition) is 3. The SMILES string of the molecule is CCNC(=NCc1nc(C(C)(C)C)cs1)NCC(C)(O)c1cnn(C)c1.I. The highest BCUT2D eigenvalue weighted by Crippen LogP contribution is 2.24. The van der Waals surface area contributed by atoms with E-state index in [-0.39, 0.29) is 29.4 Å². The summed E-state index contributed by atoms with van der Waals surface area (Å²) in [7, 11) is 1.83. The van der Waals surface area contributed by atoms with Gasteiger partial charge in [-0.25, -0.2) is 9.98 Å². The summed E-state index contributed by atoms with van der Waals surface area (Å²) in [6.45, 7) is 11.8. The van der Waals surface area contributed by atoms with E-state index in [2.05, 4.69) is 51.9 Å². The van der Waals surface area contributed by atoms with E-state index >= 15 is 0 Å². The van der Waals surface area contributed by atoms with Gasteiger partial charge in [0.1, 0.15) is 10.6 Å². The molecule has 0 aromatic carbocycles. The van der Waals surface area contributed by atoms with E-state index in [4.69, 9.17) is 0 Å². The van der Waals surface area contributed by atoms with E-state index in [0.29, 0.717) is 19.0 Å². The molecule has 2 rings (SSSR count). The summed E-state index contributed by atoms with van der Waals surface area (Å²) in [5.74, 6) is 0.657. The van der Waals surface area contributed by atoms with Crippen molar-refractivity contribution in [2.45, 2.75) is 52.2 Å². The zero-order chi connectivity index (χ0) is 19.4. The summed E-state index contributed by atoms with van der Waals surface area (Å²) in [6.07, 6.45) is 3.49. The van der Waals surface area contributed by atoms with Crippen molar-refractivity contribution in [1.29, 1.82) is 0 Å². The molecule has 0 spiro atoms. The Kier molecular flexibility index (Phi) is 8.68. The number of hydrogen-bond acceptors (Lipinski definition) is 5. The van der Waals surface area contributed by atoms with Gasteiger partial charge in [-0.15, -0.1) is 35.3 Å². The average molecular weight is 506 g/mol. The Morgan fingerprint density at radius 2 is 2.00 bits per heavy atom. The maximum Gasteiger partial charge on any atom is 0.191 e. The van der Waals surface area contributed by atoms with Gasteiger partial charge in [0, 0.05) is 36.1 Å². The van der Waals surface area contributed by atoms with E-state index in [1.807, 2.05) is 20.2 Å². The third-order valence-electron chi connectivity index (χ3n) is 3.96. The zero-order valence-corrected chi connectivity index (χ0v) is 20.1. The Labute approximate surface area is 182 Å². The Balaban J connectivity index is 0.00000364. The number of aryl methyl sites for hydroxylation is 1. The molecule has 0 amide bonds. The first-order chi connectivity index (χ1) is 12.1. The van der Waals surface area contributed by atoms with Crippen LogP contribution in [-0.2, 0) is 24.6 Å². The molecule has 0 saturated heterocycles. The van der Waals surface area contributed by atoms with Crippen molar-refractivity contribution < 1.29 is 5.11 Å². The van der Waals surface area contributed by atoms with Crippen LogP contribution in [0.5, 0.6) is 0 Å². The van der Waals surface area contributed by atoms with Crippen LogP contribution in [0.15, 0.2) is 22.8 Å². The van der Waals surface area contributed by atoms with Crippen molar-refractivity contribution in [2.75, 3.05) is 13.1 Å². The minimum absolute atomic E-state index is 0. The second kappa shape index (κ2) is 9.83. The highest BCUT2D eigenvalue weighted by molar-refractivity contribution is 14.0. The summed E-state index contributed by atoms with van der Waals surface area (Å²) in [6, 6.07) is 0. The van der Waals surface area contributed by atoms with Crippen LogP contribution in [0.2, 0.25) is 0 Å². The van der Waals surface area contributed by atoms with Gasteiger partial charge in [0.2, 0.25) is 0 Å². The van der Waals surface area contributed by atoms with Gasteiger partial charge in [-0.2, -0.15) is 5.10 Å². The standard InChI is InChI=1S/C18H30N6OS.HI/c1-7-19-16(20-9-15-23-14(11-26-15)17(2,3)4)21-12-18(5,25)13-8-22-24(6)10-13;/h8,10-11,25H,7,9,12H2,1-6H3,(H2,19,20,21);1H. The molecule has 7 nitrogen and oxygen atoms in total. The molecule has 3 N–H and O–H groups in total. The molecular formula is C18H31IN6OS. The van der Waals surface area contributed by atoms with E-state index in [1.54, 1.807) is 29.1 Å². The molecule has 2 aromatic rings. The predicted octanol–water partition coefficient (Wildman–Crippen LogP) is 2.75. The molecule has 0 bridgehead atoms. The topological polar surface area (TPSA) is 87.4 Å². The lowest BCUT2D eigenvalue weighted by Crippen LogP contribution is -2.44. The number of rotatable bonds is 6. The highest BCUT2D eigenvalue weighted by Gasteiger charge is 2.25. The number of aliphatic hydroxyl groups is 1. The van der Waals surface area contributed by atoms with Gasteiger partial charge >= 0.3 is 0 Å². The first-order valence-electron chi connectivity index (χ1n) is 8.80. The number of thiazole rings is 1. The third kappa shape index (κ3) is 7.04. The van der Waals surface area contributed by atoms with Crippen LogP contribution >= 0.6 is 35.3 Å². The molecule has 1 unspecified atom stereocenters. The molecule has 9 heteroatoms. The summed E-state index contributed by atoms with van der Waals surface area (Å²) < 4.78 is 1.68. The van der Waals surface area contributed by atoms with E-state index in [1.165, 1.54) is 0 Å². The van der Waals surface area contributed by atoms with Gasteiger partial charge in [-0.3, -0.25) is 4.68 Å². The first-order valence-corrected chi connectivity index (χ1v) is 9.68. The fraction of sp³-hybridized carbons (Fsp3) is 0.611.